The van der Waals surface area contributed by atoms with Gasteiger partial charge in [-0.25, -0.2) is 26.2 Å². The minimum atomic E-state index is -4.14. The number of benzene rings is 1. The fourth-order valence-corrected chi connectivity index (χ4v) is 3.82. The van der Waals surface area contributed by atoms with Crippen LogP contribution >= 0.6 is 0 Å². The lowest BCUT2D eigenvalue weighted by atomic mass is 9.94. The van der Waals surface area contributed by atoms with E-state index in [9.17, 15) is 17.2 Å². The second-order valence-electron chi connectivity index (χ2n) is 4.82. The zero-order chi connectivity index (χ0) is 15.9. The van der Waals surface area contributed by atoms with Gasteiger partial charge in [0, 0.05) is 11.6 Å². The molecule has 0 saturated carbocycles. The summed E-state index contributed by atoms with van der Waals surface area (Å²) in [5.74, 6) is 0. The monoisotopic (exact) mass is 320 g/mol. The Morgan fingerprint density at radius 3 is 2.45 bits per heavy atom. The van der Waals surface area contributed by atoms with Crippen LogP contribution in [-0.2, 0) is 10.0 Å². The molecule has 112 valence electrons. The first-order chi connectivity index (χ1) is 10.4. The van der Waals surface area contributed by atoms with Crippen LogP contribution in [0.4, 0.5) is 8.78 Å². The Bertz CT molecular complexity index is 940. The lowest BCUT2D eigenvalue weighted by molar-refractivity contribution is 0.145. The Hall–Kier alpha value is -2.22. The average Bonchev–Trinajstić information content (AvgIpc) is 2.90. The maximum atomic E-state index is 13.3. The molecule has 2 heterocycles. The molecule has 4 nitrogen and oxygen atoms in total. The lowest BCUT2D eigenvalue weighted by Gasteiger charge is -2.10. The number of hydrogen-bond acceptors (Lipinski definition) is 3. The summed E-state index contributed by atoms with van der Waals surface area (Å²) in [7, 11) is -2.42. The summed E-state index contributed by atoms with van der Waals surface area (Å²) in [6.07, 6.45) is -1.52. The van der Waals surface area contributed by atoms with Gasteiger partial charge in [0.05, 0.1) is 4.90 Å². The van der Waals surface area contributed by atoms with Gasteiger partial charge < -0.3 is 0 Å². The largest absolute Gasteiger partial charge is 0.279 e. The fourth-order valence-electron chi connectivity index (χ4n) is 2.33. The van der Waals surface area contributed by atoms with Crippen molar-refractivity contribution in [3.05, 3.63) is 54.4 Å². The molecule has 22 heavy (non-hydrogen) atoms. The Balaban J connectivity index is 2.40. The van der Waals surface area contributed by atoms with Crippen molar-refractivity contribution in [1.82, 2.24) is 8.96 Å². The zero-order valence-corrected chi connectivity index (χ0v) is 12.4. The van der Waals surface area contributed by atoms with Gasteiger partial charge >= 0.3 is 0 Å². The molecule has 0 spiro atoms. The summed E-state index contributed by atoms with van der Waals surface area (Å²) >= 11 is 0. The van der Waals surface area contributed by atoms with Crippen LogP contribution in [0.1, 0.15) is 12.1 Å². The van der Waals surface area contributed by atoms with E-state index in [1.54, 1.807) is 32.1 Å². The highest BCUT2D eigenvalue weighted by Crippen LogP contribution is 2.29. The number of alkyl halides is 2. The van der Waals surface area contributed by atoms with Crippen molar-refractivity contribution in [2.24, 2.45) is 0 Å². The summed E-state index contributed by atoms with van der Waals surface area (Å²) < 4.78 is 52.8. The molecule has 0 aliphatic heterocycles. The van der Waals surface area contributed by atoms with E-state index in [1.807, 2.05) is 0 Å². The Morgan fingerprint density at radius 2 is 1.82 bits per heavy atom. The van der Waals surface area contributed by atoms with Gasteiger partial charge in [0.25, 0.3) is 16.4 Å². The SMILES string of the molecule is Bc1ccnc2c1cc(C(F)F)n2S(=O)(=O)c1ccccc1. The van der Waals surface area contributed by atoms with Gasteiger partial charge in [-0.05, 0) is 24.3 Å². The van der Waals surface area contributed by atoms with Crippen LogP contribution in [0.15, 0.2) is 53.6 Å². The maximum absolute atomic E-state index is 13.3. The van der Waals surface area contributed by atoms with Crippen LogP contribution in [0.3, 0.4) is 0 Å². The summed E-state index contributed by atoms with van der Waals surface area (Å²) in [4.78, 5) is 3.93. The van der Waals surface area contributed by atoms with E-state index in [1.165, 1.54) is 24.4 Å². The molecule has 3 aromatic rings. The van der Waals surface area contributed by atoms with Crippen molar-refractivity contribution in [2.45, 2.75) is 11.3 Å². The van der Waals surface area contributed by atoms with Gasteiger partial charge in [-0.2, -0.15) is 0 Å². The van der Waals surface area contributed by atoms with E-state index in [4.69, 9.17) is 0 Å². The molecule has 0 radical (unpaired) electrons. The highest BCUT2D eigenvalue weighted by Gasteiger charge is 2.28. The van der Waals surface area contributed by atoms with Gasteiger partial charge in [-0.15, -0.1) is 0 Å². The summed E-state index contributed by atoms with van der Waals surface area (Å²) in [5, 5.41) is 0.400. The predicted molar refractivity (Wildman–Crippen MR) is 81.9 cm³/mol. The highest BCUT2D eigenvalue weighted by molar-refractivity contribution is 7.90. The van der Waals surface area contributed by atoms with Gasteiger partial charge in [-0.3, -0.25) is 0 Å². The van der Waals surface area contributed by atoms with E-state index in [-0.39, 0.29) is 10.5 Å². The van der Waals surface area contributed by atoms with Crippen LogP contribution in [0.2, 0.25) is 0 Å². The standard InChI is InChI=1S/C14H11BF2N2O2S/c15-11-6-7-18-14-10(11)8-12(13(16)17)19(14)22(20,21)9-4-2-1-3-5-9/h1-8,13H,15H2. The van der Waals surface area contributed by atoms with Crippen molar-refractivity contribution in [3.63, 3.8) is 0 Å². The fraction of sp³-hybridized carbons (Fsp3) is 0.0714. The Morgan fingerprint density at radius 1 is 1.14 bits per heavy atom. The van der Waals surface area contributed by atoms with E-state index in [0.29, 0.717) is 14.8 Å². The first-order valence-corrected chi connectivity index (χ1v) is 7.92. The van der Waals surface area contributed by atoms with Crippen molar-refractivity contribution < 1.29 is 17.2 Å². The second-order valence-corrected chi connectivity index (χ2v) is 6.60. The van der Waals surface area contributed by atoms with Crippen molar-refractivity contribution in [3.8, 4) is 0 Å². The number of halogens is 2. The number of aromatic nitrogens is 2. The minimum absolute atomic E-state index is 0.0131. The third kappa shape index (κ3) is 2.19. The number of hydrogen-bond donors (Lipinski definition) is 0. The van der Waals surface area contributed by atoms with E-state index >= 15 is 0 Å². The molecule has 8 heteroatoms. The summed E-state index contributed by atoms with van der Waals surface area (Å²) in [6.45, 7) is 0. The molecule has 0 atom stereocenters. The molecule has 3 rings (SSSR count). The van der Waals surface area contributed by atoms with Gasteiger partial charge in [0.2, 0.25) is 0 Å². The number of rotatable bonds is 3. The molecule has 0 amide bonds. The molecule has 0 N–H and O–H groups in total. The molecular formula is C14H11BF2N2O2S. The zero-order valence-electron chi connectivity index (χ0n) is 11.6. The first kappa shape index (κ1) is 14.7. The Labute approximate surface area is 126 Å². The molecule has 1 aromatic carbocycles. The van der Waals surface area contributed by atoms with Crippen molar-refractivity contribution in [2.75, 3.05) is 0 Å². The molecule has 0 bridgehead atoms. The van der Waals surface area contributed by atoms with Crippen LogP contribution in [0, 0.1) is 0 Å². The first-order valence-electron chi connectivity index (χ1n) is 6.48. The third-order valence-electron chi connectivity index (χ3n) is 3.41. The molecule has 0 fully saturated rings. The topological polar surface area (TPSA) is 52.0 Å². The number of fused-ring (bicyclic) bond motifs is 1. The average molecular weight is 320 g/mol. The smallest absolute Gasteiger partial charge is 0.237 e. The predicted octanol–water partition coefficient (Wildman–Crippen LogP) is 1.47. The van der Waals surface area contributed by atoms with Crippen LogP contribution < -0.4 is 5.46 Å². The second kappa shape index (κ2) is 5.21. The maximum Gasteiger partial charge on any atom is 0.279 e. The molecule has 0 aliphatic rings. The Kier molecular flexibility index (Phi) is 3.48. The molecule has 0 aliphatic carbocycles. The van der Waals surface area contributed by atoms with Crippen LogP contribution in [0.25, 0.3) is 11.0 Å². The number of nitrogens with zero attached hydrogens (tertiary/aromatic N) is 2. The normalized spacial score (nSPS) is 12.1. The molecule has 2 aromatic heterocycles. The summed E-state index contributed by atoms with van der Waals surface area (Å²) in [5.41, 5.74) is 0.119. The highest BCUT2D eigenvalue weighted by atomic mass is 32.2. The van der Waals surface area contributed by atoms with Gasteiger partial charge in [0.1, 0.15) is 13.5 Å². The third-order valence-corrected chi connectivity index (χ3v) is 5.14. The van der Waals surface area contributed by atoms with Gasteiger partial charge in [-0.1, -0.05) is 23.7 Å². The van der Waals surface area contributed by atoms with E-state index < -0.39 is 22.1 Å². The molecule has 0 saturated heterocycles. The lowest BCUT2D eigenvalue weighted by Crippen LogP contribution is -2.17. The summed E-state index contributed by atoms with van der Waals surface area (Å²) in [6, 6.07) is 10.3. The van der Waals surface area contributed by atoms with E-state index in [2.05, 4.69) is 4.98 Å². The number of pyridine rings is 1. The molecular weight excluding hydrogens is 309 g/mol. The van der Waals surface area contributed by atoms with Crippen LogP contribution in [0.5, 0.6) is 0 Å². The van der Waals surface area contributed by atoms with Crippen LogP contribution in [-0.4, -0.2) is 25.2 Å². The van der Waals surface area contributed by atoms with Crippen molar-refractivity contribution >= 4 is 34.4 Å². The minimum Gasteiger partial charge on any atom is -0.237 e. The van der Waals surface area contributed by atoms with Gasteiger partial charge in [0.15, 0.2) is 5.65 Å². The van der Waals surface area contributed by atoms with Crippen molar-refractivity contribution in [1.29, 1.82) is 0 Å². The quantitative estimate of drug-likeness (QED) is 0.687. The van der Waals surface area contributed by atoms with E-state index in [0.717, 1.165) is 0 Å². The molecule has 0 unspecified atom stereocenters.